The van der Waals surface area contributed by atoms with Gasteiger partial charge in [0.2, 0.25) is 0 Å². The van der Waals surface area contributed by atoms with Crippen LogP contribution in [-0.4, -0.2) is 19.2 Å². The van der Waals surface area contributed by atoms with Crippen molar-refractivity contribution in [3.05, 3.63) is 41.7 Å². The van der Waals surface area contributed by atoms with Crippen LogP contribution in [0.4, 0.5) is 0 Å². The van der Waals surface area contributed by atoms with Gasteiger partial charge in [0, 0.05) is 0 Å². The summed E-state index contributed by atoms with van der Waals surface area (Å²) in [4.78, 5) is 2.12. The van der Waals surface area contributed by atoms with Crippen LogP contribution < -0.4 is 0 Å². The summed E-state index contributed by atoms with van der Waals surface area (Å²) in [5.41, 5.74) is 4.68. The zero-order chi connectivity index (χ0) is 19.7. The molecule has 0 aliphatic heterocycles. The summed E-state index contributed by atoms with van der Waals surface area (Å²) in [6, 6.07) is 8.38. The Morgan fingerprint density at radius 3 is 2.00 bits per heavy atom. The molecule has 0 fully saturated rings. The summed E-state index contributed by atoms with van der Waals surface area (Å²) < 4.78 is 4.28. The molecule has 2 aromatic heterocycles. The Morgan fingerprint density at radius 1 is 0.963 bits per heavy atom. The monoisotopic (exact) mass is 367 g/mol. The summed E-state index contributed by atoms with van der Waals surface area (Å²) in [6.07, 6.45) is 4.44. The Bertz CT molecular complexity index is 995. The average Bonchev–Trinajstić information content (AvgIpc) is 3.27. The zero-order valence-corrected chi connectivity index (χ0v) is 17.7. The van der Waals surface area contributed by atoms with E-state index in [-0.39, 0.29) is 10.8 Å². The highest BCUT2D eigenvalue weighted by Crippen LogP contribution is 2.51. The molecule has 0 radical (unpaired) electrons. The Labute approximate surface area is 162 Å². The fourth-order valence-electron chi connectivity index (χ4n) is 4.85. The number of aliphatic hydroxyl groups excluding tert-OH is 1. The Kier molecular flexibility index (Phi) is 3.86. The minimum Gasteiger partial charge on any atom is -0.506 e. The number of hydrogen-bond acceptors (Lipinski definition) is 1. The van der Waals surface area contributed by atoms with E-state index in [0.29, 0.717) is 17.6 Å². The van der Waals surface area contributed by atoms with Crippen LogP contribution in [0.25, 0.3) is 16.7 Å². The molecule has 2 atom stereocenters. The van der Waals surface area contributed by atoms with Gasteiger partial charge in [-0.1, -0.05) is 67.0 Å². The van der Waals surface area contributed by atoms with E-state index in [1.165, 1.54) is 16.6 Å². The van der Waals surface area contributed by atoms with Gasteiger partial charge in [-0.15, -0.1) is 14.1 Å². The van der Waals surface area contributed by atoms with Crippen LogP contribution in [-0.2, 0) is 0 Å². The van der Waals surface area contributed by atoms with Gasteiger partial charge in [-0.2, -0.15) is 0 Å². The van der Waals surface area contributed by atoms with Crippen LogP contribution in [0.5, 0.6) is 0 Å². The van der Waals surface area contributed by atoms with Crippen LogP contribution in [0.1, 0.15) is 61.3 Å². The third-order valence-electron chi connectivity index (χ3n) is 7.29. The summed E-state index contributed by atoms with van der Waals surface area (Å²) in [5, 5.41) is 11.4. The molecule has 4 heteroatoms. The van der Waals surface area contributed by atoms with E-state index in [4.69, 9.17) is 0 Å². The van der Waals surface area contributed by atoms with E-state index in [1.54, 1.807) is 0 Å². The van der Waals surface area contributed by atoms with Gasteiger partial charge < -0.3 is 5.11 Å². The molecule has 1 aromatic carbocycles. The van der Waals surface area contributed by atoms with Crippen molar-refractivity contribution in [2.24, 2.45) is 22.7 Å². The highest BCUT2D eigenvalue weighted by atomic mass is 16.3. The first-order valence-corrected chi connectivity index (χ1v) is 10.3. The second-order valence-electron chi connectivity index (χ2n) is 9.57. The lowest BCUT2D eigenvalue weighted by Gasteiger charge is -2.44. The average molecular weight is 368 g/mol. The van der Waals surface area contributed by atoms with E-state index in [2.05, 4.69) is 92.9 Å². The first kappa shape index (κ1) is 18.3. The predicted molar refractivity (Wildman–Crippen MR) is 112 cm³/mol. The summed E-state index contributed by atoms with van der Waals surface area (Å²) in [6.45, 7) is 16.0. The molecule has 0 saturated carbocycles. The van der Waals surface area contributed by atoms with Gasteiger partial charge in [-0.3, -0.25) is 0 Å². The maximum absolute atomic E-state index is 11.4. The van der Waals surface area contributed by atoms with E-state index < -0.39 is 0 Å². The molecule has 1 N–H and O–H groups in total. The Hall–Kier alpha value is -2.10. The van der Waals surface area contributed by atoms with Crippen molar-refractivity contribution >= 4 is 16.7 Å². The van der Waals surface area contributed by atoms with E-state index in [0.717, 1.165) is 18.5 Å². The number of benzene rings is 1. The second-order valence-corrected chi connectivity index (χ2v) is 9.57. The fourth-order valence-corrected chi connectivity index (χ4v) is 4.85. The number of hydrogen-bond donors (Lipinski definition) is 1. The maximum Gasteiger partial charge on any atom is 0.142 e. The van der Waals surface area contributed by atoms with Crippen LogP contribution in [0.15, 0.2) is 41.7 Å². The van der Waals surface area contributed by atoms with Crippen molar-refractivity contribution in [2.75, 3.05) is 0 Å². The van der Waals surface area contributed by atoms with Crippen molar-refractivity contribution in [1.82, 2.24) is 14.1 Å². The third-order valence-corrected chi connectivity index (χ3v) is 7.29. The first-order valence-electron chi connectivity index (χ1n) is 10.3. The van der Waals surface area contributed by atoms with Gasteiger partial charge >= 0.3 is 0 Å². The van der Waals surface area contributed by atoms with Crippen molar-refractivity contribution in [3.63, 3.8) is 0 Å². The number of allylic oxidation sites excluding steroid dienone is 3. The number of nitrogens with zero attached hydrogens (tertiary/aromatic N) is 3. The standard InChI is InChI=1S/C23H33N3O/c1-8-22(4,5)16-14-19(21(27)20(15(16)3)23(6,7)9-2)26-24-17-12-10-11-13-18(17)25(24)26/h10-16,27H,8-9H2,1-7H3. The van der Waals surface area contributed by atoms with Crippen LogP contribution in [0.3, 0.4) is 0 Å². The minimum absolute atomic E-state index is 0.0301. The number of para-hydroxylation sites is 2. The lowest BCUT2D eigenvalue weighted by molar-refractivity contribution is 0.176. The van der Waals surface area contributed by atoms with E-state index in [9.17, 15) is 5.11 Å². The third kappa shape index (κ3) is 2.41. The topological polar surface area (TPSA) is 34.0 Å². The zero-order valence-electron chi connectivity index (χ0n) is 17.7. The molecule has 0 amide bonds. The quantitative estimate of drug-likeness (QED) is 0.570. The molecule has 4 rings (SSSR count). The van der Waals surface area contributed by atoms with Gasteiger partial charge in [0.1, 0.15) is 22.5 Å². The molecule has 0 spiro atoms. The number of rotatable bonds is 5. The van der Waals surface area contributed by atoms with Crippen molar-refractivity contribution in [3.8, 4) is 0 Å². The molecule has 0 bridgehead atoms. The molecule has 2 unspecified atom stereocenters. The van der Waals surface area contributed by atoms with Gasteiger partial charge in [0.15, 0.2) is 0 Å². The lowest BCUT2D eigenvalue weighted by Crippen LogP contribution is -2.36. The highest BCUT2D eigenvalue weighted by Gasteiger charge is 2.43. The Balaban J connectivity index is 1.91. The number of aliphatic hydroxyl groups is 1. The van der Waals surface area contributed by atoms with E-state index in [1.807, 2.05) is 0 Å². The molecule has 27 heavy (non-hydrogen) atoms. The molecule has 3 aromatic rings. The largest absolute Gasteiger partial charge is 0.506 e. The normalized spacial score (nSPS) is 22.4. The van der Waals surface area contributed by atoms with Crippen LogP contribution in [0, 0.1) is 22.7 Å². The van der Waals surface area contributed by atoms with Gasteiger partial charge in [0.05, 0.1) is 0 Å². The van der Waals surface area contributed by atoms with Gasteiger partial charge in [-0.25, -0.2) is 0 Å². The molecule has 1 aliphatic carbocycles. The summed E-state index contributed by atoms with van der Waals surface area (Å²) in [5.74, 6) is 1.18. The number of aromatic nitrogens is 3. The molecular weight excluding hydrogens is 334 g/mol. The maximum atomic E-state index is 11.4. The fraction of sp³-hybridized carbons (Fsp3) is 0.565. The first-order chi connectivity index (χ1) is 12.7. The lowest BCUT2D eigenvalue weighted by atomic mass is 9.61. The van der Waals surface area contributed by atoms with E-state index >= 15 is 0 Å². The molecule has 4 nitrogen and oxygen atoms in total. The smallest absolute Gasteiger partial charge is 0.142 e. The number of fused-ring (bicyclic) bond motifs is 4. The molecule has 1 aliphatic rings. The molecule has 146 valence electrons. The summed E-state index contributed by atoms with van der Waals surface area (Å²) >= 11 is 0. The second kappa shape index (κ2) is 5.70. The predicted octanol–water partition coefficient (Wildman–Crippen LogP) is 6.22. The highest BCUT2D eigenvalue weighted by molar-refractivity contribution is 5.81. The van der Waals surface area contributed by atoms with Gasteiger partial charge in [-0.05, 0) is 52.9 Å². The van der Waals surface area contributed by atoms with Crippen molar-refractivity contribution in [1.29, 1.82) is 0 Å². The SMILES string of the molecule is CCC(C)(C)C1=C(O)C(n2n3c4ccccc4n23)=CC(C(C)(C)CC)C1C. The van der Waals surface area contributed by atoms with Gasteiger partial charge in [0.25, 0.3) is 0 Å². The molecular formula is C23H33N3O. The van der Waals surface area contributed by atoms with Crippen LogP contribution in [0.2, 0.25) is 0 Å². The van der Waals surface area contributed by atoms with Crippen LogP contribution >= 0.6 is 0 Å². The molecule has 2 heterocycles. The van der Waals surface area contributed by atoms with Crippen molar-refractivity contribution < 1.29 is 5.11 Å². The summed E-state index contributed by atoms with van der Waals surface area (Å²) in [7, 11) is 0. The van der Waals surface area contributed by atoms with Crippen molar-refractivity contribution in [2.45, 2.75) is 61.3 Å². The molecule has 0 saturated heterocycles. The Morgan fingerprint density at radius 2 is 1.52 bits per heavy atom. The minimum atomic E-state index is -0.0301.